The Kier molecular flexibility index (Phi) is 2.65. The van der Waals surface area contributed by atoms with Gasteiger partial charge in [-0.3, -0.25) is 10.1 Å². The van der Waals surface area contributed by atoms with Crippen molar-refractivity contribution < 1.29 is 9.53 Å². The number of hydrogen-bond donors (Lipinski definition) is 1. The average molecular weight is 144 g/mol. The number of carbonyl (C=O) groups excluding carboxylic acids is 1. The summed E-state index contributed by atoms with van der Waals surface area (Å²) >= 11 is 0. The quantitative estimate of drug-likeness (QED) is 0.506. The van der Waals surface area contributed by atoms with E-state index < -0.39 is 0 Å². The third-order valence-electron chi connectivity index (χ3n) is 1.64. The van der Waals surface area contributed by atoms with Crippen LogP contribution >= 0.6 is 0 Å². The molecule has 0 aromatic rings. The van der Waals surface area contributed by atoms with Crippen molar-refractivity contribution in [3.8, 4) is 0 Å². The third kappa shape index (κ3) is 1.46. The van der Waals surface area contributed by atoms with Gasteiger partial charge >= 0.3 is 0 Å². The van der Waals surface area contributed by atoms with Crippen LogP contribution < -0.4 is 5.32 Å². The van der Waals surface area contributed by atoms with E-state index in [-0.39, 0.29) is 6.17 Å². The van der Waals surface area contributed by atoms with E-state index in [2.05, 4.69) is 5.32 Å². The molecule has 0 aromatic carbocycles. The molecule has 1 N–H and O–H groups in total. The maximum absolute atomic E-state index is 10.4. The average Bonchev–Trinajstić information content (AvgIpc) is 2.04. The maximum Gasteiger partial charge on any atom is 0.211 e. The van der Waals surface area contributed by atoms with Crippen LogP contribution in [0.15, 0.2) is 0 Å². The highest BCUT2D eigenvalue weighted by Crippen LogP contribution is 1.99. The van der Waals surface area contributed by atoms with Crippen molar-refractivity contribution in [2.45, 2.75) is 6.17 Å². The second kappa shape index (κ2) is 3.53. The number of ether oxygens (including phenoxy) is 1. The Morgan fingerprint density at radius 1 is 1.80 bits per heavy atom. The van der Waals surface area contributed by atoms with Crippen molar-refractivity contribution in [1.29, 1.82) is 0 Å². The summed E-state index contributed by atoms with van der Waals surface area (Å²) in [5.74, 6) is 0. The summed E-state index contributed by atoms with van der Waals surface area (Å²) in [4.78, 5) is 12.1. The third-order valence-corrected chi connectivity index (χ3v) is 1.64. The molecule has 0 bridgehead atoms. The first-order chi connectivity index (χ1) is 4.88. The predicted molar refractivity (Wildman–Crippen MR) is 36.4 cm³/mol. The second-order valence-corrected chi connectivity index (χ2v) is 2.22. The molecule has 58 valence electrons. The zero-order valence-electron chi connectivity index (χ0n) is 6.04. The van der Waals surface area contributed by atoms with Crippen molar-refractivity contribution in [3.63, 3.8) is 0 Å². The molecule has 0 aromatic heterocycles. The van der Waals surface area contributed by atoms with Gasteiger partial charge in [0.1, 0.15) is 6.17 Å². The van der Waals surface area contributed by atoms with Crippen LogP contribution in [0.2, 0.25) is 0 Å². The van der Waals surface area contributed by atoms with Crippen LogP contribution in [0, 0.1) is 0 Å². The van der Waals surface area contributed by atoms with Crippen molar-refractivity contribution in [2.24, 2.45) is 0 Å². The Morgan fingerprint density at radius 3 is 3.10 bits per heavy atom. The van der Waals surface area contributed by atoms with E-state index in [0.29, 0.717) is 19.8 Å². The molecular weight excluding hydrogens is 132 g/mol. The smallest absolute Gasteiger partial charge is 0.211 e. The van der Waals surface area contributed by atoms with E-state index in [0.717, 1.165) is 6.41 Å². The molecule has 1 aliphatic rings. The van der Waals surface area contributed by atoms with Crippen LogP contribution in [0.1, 0.15) is 0 Å². The summed E-state index contributed by atoms with van der Waals surface area (Å²) in [7, 11) is 1.82. The number of carbonyl (C=O) groups is 1. The highest BCUT2D eigenvalue weighted by molar-refractivity contribution is 5.47. The lowest BCUT2D eigenvalue weighted by molar-refractivity contribution is -0.127. The van der Waals surface area contributed by atoms with Crippen LogP contribution in [0.3, 0.4) is 0 Å². The summed E-state index contributed by atoms with van der Waals surface area (Å²) in [6.45, 7) is 1.93. The lowest BCUT2D eigenvalue weighted by Gasteiger charge is -2.31. The molecule has 0 aliphatic carbocycles. The molecule has 10 heavy (non-hydrogen) atoms. The summed E-state index contributed by atoms with van der Waals surface area (Å²) in [5, 5.41) is 2.97. The largest absolute Gasteiger partial charge is 0.376 e. The monoisotopic (exact) mass is 144 g/mol. The molecule has 1 atom stereocenters. The first-order valence-corrected chi connectivity index (χ1v) is 3.34. The molecule has 1 rings (SSSR count). The normalized spacial score (nSPS) is 26.5. The van der Waals surface area contributed by atoms with Gasteiger partial charge in [0.15, 0.2) is 0 Å². The summed E-state index contributed by atoms with van der Waals surface area (Å²) < 4.78 is 5.14. The van der Waals surface area contributed by atoms with Crippen molar-refractivity contribution >= 4 is 6.41 Å². The van der Waals surface area contributed by atoms with Gasteiger partial charge in [0.05, 0.1) is 13.2 Å². The molecule has 1 amide bonds. The van der Waals surface area contributed by atoms with Gasteiger partial charge in [-0.05, 0) is 7.05 Å². The van der Waals surface area contributed by atoms with Crippen LogP contribution in [0.25, 0.3) is 0 Å². The Hall–Kier alpha value is -0.610. The number of hydrogen-bond acceptors (Lipinski definition) is 3. The molecular formula is C6H12N2O2. The van der Waals surface area contributed by atoms with E-state index >= 15 is 0 Å². The van der Waals surface area contributed by atoms with Gasteiger partial charge < -0.3 is 9.64 Å². The topological polar surface area (TPSA) is 41.6 Å². The fraction of sp³-hybridized carbons (Fsp3) is 0.833. The van der Waals surface area contributed by atoms with Crippen LogP contribution in [-0.4, -0.2) is 44.3 Å². The van der Waals surface area contributed by atoms with Crippen molar-refractivity contribution in [2.75, 3.05) is 26.8 Å². The number of amides is 1. The van der Waals surface area contributed by atoms with E-state index in [1.807, 2.05) is 7.05 Å². The number of rotatable bonds is 2. The van der Waals surface area contributed by atoms with Crippen molar-refractivity contribution in [1.82, 2.24) is 10.2 Å². The van der Waals surface area contributed by atoms with Gasteiger partial charge in [-0.15, -0.1) is 0 Å². The zero-order chi connectivity index (χ0) is 7.40. The minimum Gasteiger partial charge on any atom is -0.376 e. The predicted octanol–water partition coefficient (Wildman–Crippen LogP) is -0.979. The number of nitrogens with one attached hydrogen (secondary N) is 1. The van der Waals surface area contributed by atoms with Crippen LogP contribution in [0.4, 0.5) is 0 Å². The van der Waals surface area contributed by atoms with Gasteiger partial charge in [0.2, 0.25) is 6.41 Å². The van der Waals surface area contributed by atoms with Crippen molar-refractivity contribution in [3.05, 3.63) is 0 Å². The van der Waals surface area contributed by atoms with E-state index in [4.69, 9.17) is 4.74 Å². The van der Waals surface area contributed by atoms with E-state index in [1.165, 1.54) is 0 Å². The van der Waals surface area contributed by atoms with Gasteiger partial charge in [-0.2, -0.15) is 0 Å². The summed E-state index contributed by atoms with van der Waals surface area (Å²) in [6.07, 6.45) is 0.912. The molecule has 1 fully saturated rings. The lowest BCUT2D eigenvalue weighted by atomic mass is 10.4. The Labute approximate surface area is 60.1 Å². The van der Waals surface area contributed by atoms with Crippen LogP contribution in [0.5, 0.6) is 0 Å². The minimum atomic E-state index is 0.0613. The van der Waals surface area contributed by atoms with Gasteiger partial charge in [-0.1, -0.05) is 0 Å². The minimum absolute atomic E-state index is 0.0613. The highest BCUT2D eigenvalue weighted by atomic mass is 16.5. The second-order valence-electron chi connectivity index (χ2n) is 2.22. The molecule has 1 unspecified atom stereocenters. The first-order valence-electron chi connectivity index (χ1n) is 3.34. The lowest BCUT2D eigenvalue weighted by Crippen LogP contribution is -2.51. The number of morpholine rings is 1. The fourth-order valence-corrected chi connectivity index (χ4v) is 0.992. The van der Waals surface area contributed by atoms with Gasteiger partial charge in [0, 0.05) is 6.54 Å². The van der Waals surface area contributed by atoms with E-state index in [9.17, 15) is 4.79 Å². The molecule has 4 nitrogen and oxygen atoms in total. The number of likely N-dealkylation sites (N-methyl/N-ethyl adjacent to an activating group) is 1. The maximum atomic E-state index is 10.4. The summed E-state index contributed by atoms with van der Waals surface area (Å²) in [6, 6.07) is 0. The molecule has 1 aliphatic heterocycles. The highest BCUT2D eigenvalue weighted by Gasteiger charge is 2.18. The molecule has 0 spiro atoms. The molecule has 1 heterocycles. The van der Waals surface area contributed by atoms with Gasteiger partial charge in [-0.25, -0.2) is 0 Å². The molecule has 0 radical (unpaired) electrons. The molecule has 4 heteroatoms. The Morgan fingerprint density at radius 2 is 2.60 bits per heavy atom. The summed E-state index contributed by atoms with van der Waals surface area (Å²) in [5.41, 5.74) is 0. The fourth-order valence-electron chi connectivity index (χ4n) is 0.992. The molecule has 0 saturated carbocycles. The van der Waals surface area contributed by atoms with Gasteiger partial charge in [0.25, 0.3) is 0 Å². The van der Waals surface area contributed by atoms with Crippen LogP contribution in [-0.2, 0) is 9.53 Å². The Balaban J connectivity index is 2.41. The van der Waals surface area contributed by atoms with E-state index in [1.54, 1.807) is 4.90 Å². The Bertz CT molecular complexity index is 118. The SMILES string of the molecule is CNC1COCCN1C=O. The standard InChI is InChI=1S/C6H12N2O2/c1-7-6-4-10-3-2-8(6)5-9/h5-7H,2-4H2,1H3. The molecule has 1 saturated heterocycles. The first kappa shape index (κ1) is 7.50. The zero-order valence-corrected chi connectivity index (χ0v) is 6.04. The number of nitrogens with zero attached hydrogens (tertiary/aromatic N) is 1.